The Balaban J connectivity index is 1.79. The maximum absolute atomic E-state index is 12.9. The number of aromatic nitrogens is 6. The number of para-hydroxylation sites is 1. The van der Waals surface area contributed by atoms with Crippen molar-refractivity contribution in [3.05, 3.63) is 69.3 Å². The molecular weight excluding hydrogens is 362 g/mol. The third kappa shape index (κ3) is 2.62. The molecule has 0 radical (unpaired) electrons. The minimum Gasteiger partial charge on any atom is -0.291 e. The highest BCUT2D eigenvalue weighted by atomic mass is 16.2. The van der Waals surface area contributed by atoms with Crippen molar-refractivity contribution in [1.29, 1.82) is 0 Å². The molecule has 4 aromatic rings. The Labute approximate surface area is 158 Å². The molecular formula is C18H17N7O3. The van der Waals surface area contributed by atoms with Crippen LogP contribution in [0.1, 0.15) is 5.69 Å². The molecule has 142 valence electrons. The van der Waals surface area contributed by atoms with Crippen LogP contribution in [-0.2, 0) is 14.1 Å². The van der Waals surface area contributed by atoms with Gasteiger partial charge in [0.15, 0.2) is 11.2 Å². The summed E-state index contributed by atoms with van der Waals surface area (Å²) >= 11 is 0. The molecule has 0 unspecified atom stereocenters. The SMILES string of the molecule is Cc1cc(NC(=O)n2cnc3c2c(=O)n(C)c(=O)n3C)n(-c2ccccc2)n1. The van der Waals surface area contributed by atoms with E-state index in [1.54, 1.807) is 10.7 Å². The third-order valence-corrected chi connectivity index (χ3v) is 4.43. The van der Waals surface area contributed by atoms with Gasteiger partial charge in [-0.2, -0.15) is 5.10 Å². The fraction of sp³-hybridized carbons (Fsp3) is 0.167. The zero-order valence-corrected chi connectivity index (χ0v) is 15.4. The number of anilines is 1. The Morgan fingerprint density at radius 3 is 2.50 bits per heavy atom. The lowest BCUT2D eigenvalue weighted by atomic mass is 10.3. The number of fused-ring (bicyclic) bond motifs is 1. The van der Waals surface area contributed by atoms with E-state index < -0.39 is 17.3 Å². The molecule has 0 aliphatic heterocycles. The predicted octanol–water partition coefficient (Wildman–Crippen LogP) is 1.01. The molecule has 1 N–H and O–H groups in total. The maximum atomic E-state index is 12.9. The van der Waals surface area contributed by atoms with E-state index in [2.05, 4.69) is 15.4 Å². The van der Waals surface area contributed by atoms with Crippen molar-refractivity contribution >= 4 is 23.0 Å². The van der Waals surface area contributed by atoms with E-state index >= 15 is 0 Å². The molecule has 0 saturated carbocycles. The van der Waals surface area contributed by atoms with Gasteiger partial charge in [0.2, 0.25) is 0 Å². The Kier molecular flexibility index (Phi) is 3.95. The van der Waals surface area contributed by atoms with Crippen LogP contribution in [0.4, 0.5) is 10.6 Å². The molecule has 28 heavy (non-hydrogen) atoms. The van der Waals surface area contributed by atoms with Crippen LogP contribution in [0.25, 0.3) is 16.9 Å². The van der Waals surface area contributed by atoms with Crippen LogP contribution in [0.5, 0.6) is 0 Å². The molecule has 4 rings (SSSR count). The summed E-state index contributed by atoms with van der Waals surface area (Å²) in [5.41, 5.74) is 0.535. The topological polar surface area (TPSA) is 109 Å². The Bertz CT molecular complexity index is 1330. The van der Waals surface area contributed by atoms with Crippen LogP contribution >= 0.6 is 0 Å². The number of imidazole rings is 1. The zero-order valence-electron chi connectivity index (χ0n) is 15.4. The lowest BCUT2D eigenvalue weighted by Crippen LogP contribution is -2.38. The largest absolute Gasteiger partial charge is 0.333 e. The summed E-state index contributed by atoms with van der Waals surface area (Å²) < 4.78 is 4.85. The number of hydrogen-bond donors (Lipinski definition) is 1. The molecule has 3 heterocycles. The number of benzene rings is 1. The second kappa shape index (κ2) is 6.34. The second-order valence-electron chi connectivity index (χ2n) is 6.34. The summed E-state index contributed by atoms with van der Waals surface area (Å²) in [5.74, 6) is 0.442. The van der Waals surface area contributed by atoms with Gasteiger partial charge in [-0.05, 0) is 19.1 Å². The first-order chi connectivity index (χ1) is 13.4. The summed E-state index contributed by atoms with van der Waals surface area (Å²) in [6, 6.07) is 10.5. The average molecular weight is 379 g/mol. The van der Waals surface area contributed by atoms with Crippen molar-refractivity contribution in [2.24, 2.45) is 14.1 Å². The maximum Gasteiger partial charge on any atom is 0.333 e. The van der Waals surface area contributed by atoms with Gasteiger partial charge in [0, 0.05) is 20.2 Å². The second-order valence-corrected chi connectivity index (χ2v) is 6.34. The van der Waals surface area contributed by atoms with Crippen LogP contribution in [-0.4, -0.2) is 34.5 Å². The highest BCUT2D eigenvalue weighted by Gasteiger charge is 2.19. The fourth-order valence-corrected chi connectivity index (χ4v) is 3.02. The first kappa shape index (κ1) is 17.5. The van der Waals surface area contributed by atoms with Crippen LogP contribution in [0.2, 0.25) is 0 Å². The Morgan fingerprint density at radius 1 is 1.07 bits per heavy atom. The highest BCUT2D eigenvalue weighted by molar-refractivity contribution is 5.96. The Hall–Kier alpha value is -3.95. The molecule has 0 bridgehead atoms. The molecule has 10 heteroatoms. The van der Waals surface area contributed by atoms with Crippen LogP contribution in [0, 0.1) is 6.92 Å². The van der Waals surface area contributed by atoms with Crippen LogP contribution < -0.4 is 16.6 Å². The van der Waals surface area contributed by atoms with Crippen LogP contribution in [0.15, 0.2) is 52.3 Å². The van der Waals surface area contributed by atoms with Gasteiger partial charge in [-0.15, -0.1) is 0 Å². The number of rotatable bonds is 2. The van der Waals surface area contributed by atoms with E-state index in [9.17, 15) is 14.4 Å². The first-order valence-electron chi connectivity index (χ1n) is 8.45. The van der Waals surface area contributed by atoms with Gasteiger partial charge in [0.05, 0.1) is 11.4 Å². The number of hydrogen-bond acceptors (Lipinski definition) is 5. The first-order valence-corrected chi connectivity index (χ1v) is 8.45. The number of nitrogens with one attached hydrogen (secondary N) is 1. The van der Waals surface area contributed by atoms with Crippen molar-refractivity contribution in [3.8, 4) is 5.69 Å². The van der Waals surface area contributed by atoms with E-state index in [-0.39, 0.29) is 11.2 Å². The summed E-state index contributed by atoms with van der Waals surface area (Å²) in [5, 5.41) is 7.15. The molecule has 0 atom stereocenters. The van der Waals surface area contributed by atoms with Gasteiger partial charge in [0.25, 0.3) is 5.56 Å². The number of carbonyl (C=O) groups excluding carboxylic acids is 1. The molecule has 0 saturated heterocycles. The Morgan fingerprint density at radius 2 is 1.79 bits per heavy atom. The van der Waals surface area contributed by atoms with Gasteiger partial charge in [-0.1, -0.05) is 18.2 Å². The summed E-state index contributed by atoms with van der Waals surface area (Å²) in [7, 11) is 2.85. The van der Waals surface area contributed by atoms with E-state index in [0.717, 1.165) is 14.8 Å². The van der Waals surface area contributed by atoms with Crippen LogP contribution in [0.3, 0.4) is 0 Å². The summed E-state index contributed by atoms with van der Waals surface area (Å²) in [6.45, 7) is 1.81. The van der Waals surface area contributed by atoms with E-state index in [1.807, 2.05) is 37.3 Å². The lowest BCUT2D eigenvalue weighted by molar-refractivity contribution is 0.254. The van der Waals surface area contributed by atoms with Gasteiger partial charge < -0.3 is 0 Å². The predicted molar refractivity (Wildman–Crippen MR) is 103 cm³/mol. The van der Waals surface area contributed by atoms with Crippen molar-refractivity contribution in [1.82, 2.24) is 28.5 Å². The molecule has 0 aliphatic carbocycles. The number of nitrogens with zero attached hydrogens (tertiary/aromatic N) is 6. The number of aryl methyl sites for hydroxylation is 2. The molecule has 3 aromatic heterocycles. The summed E-state index contributed by atoms with van der Waals surface area (Å²) in [6.07, 6.45) is 1.22. The van der Waals surface area contributed by atoms with Gasteiger partial charge in [-0.25, -0.2) is 23.8 Å². The van der Waals surface area contributed by atoms with Gasteiger partial charge in [0.1, 0.15) is 12.1 Å². The van der Waals surface area contributed by atoms with Gasteiger partial charge in [-0.3, -0.25) is 19.2 Å². The molecule has 0 spiro atoms. The van der Waals surface area contributed by atoms with Crippen molar-refractivity contribution in [3.63, 3.8) is 0 Å². The van der Waals surface area contributed by atoms with E-state index in [4.69, 9.17) is 0 Å². The standard InChI is InChI=1S/C18H17N7O3/c1-11-9-13(25(21-11)12-7-5-4-6-8-12)20-17(27)24-10-19-15-14(24)16(26)23(3)18(28)22(15)2/h4-10H,1-3H3,(H,20,27). The van der Waals surface area contributed by atoms with Crippen molar-refractivity contribution in [2.75, 3.05) is 5.32 Å². The quantitative estimate of drug-likeness (QED) is 0.559. The highest BCUT2D eigenvalue weighted by Crippen LogP contribution is 2.17. The molecule has 0 fully saturated rings. The fourth-order valence-electron chi connectivity index (χ4n) is 3.02. The smallest absolute Gasteiger partial charge is 0.291 e. The normalized spacial score (nSPS) is 11.1. The van der Waals surface area contributed by atoms with Crippen molar-refractivity contribution in [2.45, 2.75) is 6.92 Å². The third-order valence-electron chi connectivity index (χ3n) is 4.43. The number of carbonyl (C=O) groups is 1. The molecule has 0 aliphatic rings. The monoisotopic (exact) mass is 379 g/mol. The minimum absolute atomic E-state index is 0.0181. The minimum atomic E-state index is -0.599. The lowest BCUT2D eigenvalue weighted by Gasteiger charge is -2.10. The zero-order chi connectivity index (χ0) is 20.0. The number of amides is 1. The molecule has 1 aromatic carbocycles. The molecule has 10 nitrogen and oxygen atoms in total. The van der Waals surface area contributed by atoms with E-state index in [0.29, 0.717) is 11.5 Å². The summed E-state index contributed by atoms with van der Waals surface area (Å²) in [4.78, 5) is 41.5. The van der Waals surface area contributed by atoms with Gasteiger partial charge >= 0.3 is 11.7 Å². The average Bonchev–Trinajstić information content (AvgIpc) is 3.29. The molecule has 1 amide bonds. The van der Waals surface area contributed by atoms with E-state index in [1.165, 1.54) is 25.0 Å². The van der Waals surface area contributed by atoms with Crippen molar-refractivity contribution < 1.29 is 4.79 Å².